The fourth-order valence-electron chi connectivity index (χ4n) is 3.69. The van der Waals surface area contributed by atoms with Crippen LogP contribution in [0.4, 0.5) is 18.9 Å². The Kier molecular flexibility index (Phi) is 7.72. The molecule has 12 heteroatoms. The molecule has 0 aliphatic heterocycles. The molecule has 0 aliphatic rings. The molecular weight excluding hydrogens is 525 g/mol. The average Bonchev–Trinajstić information content (AvgIpc) is 3.41. The number of aromatic nitrogens is 1. The second kappa shape index (κ2) is 11.0. The number of anilines is 1. The summed E-state index contributed by atoms with van der Waals surface area (Å²) in [7, 11) is -4.11. The Labute approximate surface area is 215 Å². The van der Waals surface area contributed by atoms with Crippen molar-refractivity contribution < 1.29 is 40.8 Å². The lowest BCUT2D eigenvalue weighted by molar-refractivity contribution is -0.138. The van der Waals surface area contributed by atoms with Gasteiger partial charge in [0.25, 0.3) is 10.0 Å². The lowest BCUT2D eigenvalue weighted by atomic mass is 9.92. The zero-order valence-corrected chi connectivity index (χ0v) is 20.4. The molecule has 8 nitrogen and oxygen atoms in total. The van der Waals surface area contributed by atoms with E-state index in [1.54, 1.807) is 48.5 Å². The number of nitrogens with one attached hydrogen (secondary N) is 1. The summed E-state index contributed by atoms with van der Waals surface area (Å²) in [5.41, 5.74) is 1.11. The number of hydrogen-bond donors (Lipinski definition) is 2. The molecule has 3 aromatic carbocycles. The topological polar surface area (TPSA) is 119 Å². The number of carboxylic acids is 1. The molecule has 38 heavy (non-hydrogen) atoms. The van der Waals surface area contributed by atoms with E-state index in [0.717, 1.165) is 12.1 Å². The van der Waals surface area contributed by atoms with Crippen LogP contribution in [0.25, 0.3) is 0 Å². The van der Waals surface area contributed by atoms with Gasteiger partial charge in [0.15, 0.2) is 0 Å². The molecule has 0 radical (unpaired) electrons. The number of aliphatic carboxylic acids is 1. The van der Waals surface area contributed by atoms with E-state index in [4.69, 9.17) is 9.26 Å². The van der Waals surface area contributed by atoms with Gasteiger partial charge in [-0.15, -0.1) is 0 Å². The summed E-state index contributed by atoms with van der Waals surface area (Å²) in [6.45, 7) is 0.0943. The second-order valence-electron chi connectivity index (χ2n) is 8.26. The Morgan fingerprint density at radius 2 is 1.74 bits per heavy atom. The summed E-state index contributed by atoms with van der Waals surface area (Å²) in [6.07, 6.45) is -3.36. The zero-order valence-electron chi connectivity index (χ0n) is 19.6. The maximum absolute atomic E-state index is 12.8. The van der Waals surface area contributed by atoms with Crippen LogP contribution in [0.15, 0.2) is 94.5 Å². The van der Waals surface area contributed by atoms with E-state index < -0.39 is 33.7 Å². The SMILES string of the molecule is O=C(O)CC(c1ccc(OCc2cccc(NS(=O)(=O)c3ccc(C(F)(F)F)cc3)c2)cc1)c1ccon1. The number of carboxylic acid groups (broad SMARTS) is 1. The fraction of sp³-hybridized carbons (Fsp3) is 0.154. The van der Waals surface area contributed by atoms with E-state index in [9.17, 15) is 31.5 Å². The minimum Gasteiger partial charge on any atom is -0.489 e. The smallest absolute Gasteiger partial charge is 0.416 e. The van der Waals surface area contributed by atoms with Crippen molar-refractivity contribution in [3.05, 3.63) is 108 Å². The van der Waals surface area contributed by atoms with Crippen LogP contribution in [0.1, 0.15) is 34.7 Å². The van der Waals surface area contributed by atoms with E-state index in [2.05, 4.69) is 9.88 Å². The maximum atomic E-state index is 12.8. The van der Waals surface area contributed by atoms with Crippen molar-refractivity contribution in [2.24, 2.45) is 0 Å². The number of sulfonamides is 1. The molecule has 1 aromatic heterocycles. The van der Waals surface area contributed by atoms with Gasteiger partial charge in [-0.1, -0.05) is 29.4 Å². The highest BCUT2D eigenvalue weighted by molar-refractivity contribution is 7.92. The number of carbonyl (C=O) groups is 1. The largest absolute Gasteiger partial charge is 0.489 e. The first-order valence-corrected chi connectivity index (χ1v) is 12.6. The number of hydrogen-bond acceptors (Lipinski definition) is 6. The van der Waals surface area contributed by atoms with Gasteiger partial charge in [0, 0.05) is 17.7 Å². The zero-order chi connectivity index (χ0) is 27.3. The number of ether oxygens (including phenoxy) is 1. The van der Waals surface area contributed by atoms with E-state index >= 15 is 0 Å². The maximum Gasteiger partial charge on any atom is 0.416 e. The highest BCUT2D eigenvalue weighted by Gasteiger charge is 2.30. The molecule has 0 saturated carbocycles. The molecule has 0 amide bonds. The molecule has 0 bridgehead atoms. The molecule has 1 atom stereocenters. The first kappa shape index (κ1) is 26.7. The monoisotopic (exact) mass is 546 g/mol. The van der Waals surface area contributed by atoms with Crippen molar-refractivity contribution in [3.63, 3.8) is 0 Å². The summed E-state index contributed by atoms with van der Waals surface area (Å²) in [5, 5.41) is 13.1. The number of benzene rings is 3. The van der Waals surface area contributed by atoms with Crippen LogP contribution in [0.5, 0.6) is 5.75 Å². The Bertz CT molecular complexity index is 1490. The van der Waals surface area contributed by atoms with Crippen LogP contribution in [-0.4, -0.2) is 24.7 Å². The lowest BCUT2D eigenvalue weighted by Crippen LogP contribution is -2.14. The second-order valence-corrected chi connectivity index (χ2v) is 9.94. The third kappa shape index (κ3) is 6.71. The lowest BCUT2D eigenvalue weighted by Gasteiger charge is -2.14. The van der Waals surface area contributed by atoms with Gasteiger partial charge in [-0.2, -0.15) is 13.2 Å². The van der Waals surface area contributed by atoms with Crippen LogP contribution in [0.3, 0.4) is 0 Å². The minimum atomic E-state index is -4.57. The number of rotatable bonds is 10. The van der Waals surface area contributed by atoms with Gasteiger partial charge in [-0.25, -0.2) is 8.42 Å². The highest BCUT2D eigenvalue weighted by atomic mass is 32.2. The normalized spacial score (nSPS) is 12.6. The predicted octanol–water partition coefficient (Wildman–Crippen LogP) is 5.68. The summed E-state index contributed by atoms with van der Waals surface area (Å²) < 4.78 is 76.5. The molecule has 4 aromatic rings. The Morgan fingerprint density at radius 3 is 2.34 bits per heavy atom. The summed E-state index contributed by atoms with van der Waals surface area (Å²) in [6, 6.07) is 18.0. The predicted molar refractivity (Wildman–Crippen MR) is 130 cm³/mol. The fourth-order valence-corrected chi connectivity index (χ4v) is 4.74. The molecule has 0 aliphatic carbocycles. The van der Waals surface area contributed by atoms with Crippen molar-refractivity contribution in [1.82, 2.24) is 5.16 Å². The van der Waals surface area contributed by atoms with E-state index in [1.165, 1.54) is 12.3 Å². The van der Waals surface area contributed by atoms with Crippen molar-refractivity contribution in [2.45, 2.75) is 30.0 Å². The summed E-state index contributed by atoms with van der Waals surface area (Å²) >= 11 is 0. The van der Waals surface area contributed by atoms with Crippen molar-refractivity contribution >= 4 is 21.7 Å². The van der Waals surface area contributed by atoms with Crippen LogP contribution in [-0.2, 0) is 27.6 Å². The number of halogens is 3. The summed E-state index contributed by atoms with van der Waals surface area (Å²) in [5.74, 6) is -0.972. The Balaban J connectivity index is 1.41. The molecule has 1 heterocycles. The van der Waals surface area contributed by atoms with E-state index in [0.29, 0.717) is 34.7 Å². The van der Waals surface area contributed by atoms with Gasteiger partial charge in [0.2, 0.25) is 0 Å². The van der Waals surface area contributed by atoms with Gasteiger partial charge < -0.3 is 14.4 Å². The Hall–Kier alpha value is -4.32. The molecule has 0 saturated heterocycles. The van der Waals surface area contributed by atoms with Crippen molar-refractivity contribution in [2.75, 3.05) is 4.72 Å². The number of nitrogens with zero attached hydrogens (tertiary/aromatic N) is 1. The molecule has 0 spiro atoms. The van der Waals surface area contributed by atoms with Crippen LogP contribution < -0.4 is 9.46 Å². The van der Waals surface area contributed by atoms with Gasteiger partial charge in [0.05, 0.1) is 22.6 Å². The van der Waals surface area contributed by atoms with Crippen LogP contribution >= 0.6 is 0 Å². The highest BCUT2D eigenvalue weighted by Crippen LogP contribution is 2.31. The molecule has 2 N–H and O–H groups in total. The number of alkyl halides is 3. The van der Waals surface area contributed by atoms with Crippen LogP contribution in [0, 0.1) is 0 Å². The molecule has 4 rings (SSSR count). The minimum absolute atomic E-state index is 0.0943. The molecule has 198 valence electrons. The van der Waals surface area contributed by atoms with Crippen LogP contribution in [0.2, 0.25) is 0 Å². The third-order valence-corrected chi connectivity index (χ3v) is 6.95. The first-order valence-electron chi connectivity index (χ1n) is 11.1. The average molecular weight is 547 g/mol. The van der Waals surface area contributed by atoms with Crippen molar-refractivity contribution in [1.29, 1.82) is 0 Å². The molecular formula is C26H21F3N2O6S. The standard InChI is InChI=1S/C26H21F3N2O6S/c27-26(28,29)19-6-10-22(11-7-19)38(34,35)31-20-3-1-2-17(14-20)16-36-21-8-4-18(5-9-21)23(15-25(32)33)24-12-13-37-30-24/h1-14,23,31H,15-16H2,(H,32,33). The molecule has 0 fully saturated rings. The third-order valence-electron chi connectivity index (χ3n) is 5.55. The van der Waals surface area contributed by atoms with E-state index in [1.807, 2.05) is 0 Å². The van der Waals surface area contributed by atoms with Gasteiger partial charge in [0.1, 0.15) is 18.6 Å². The first-order chi connectivity index (χ1) is 18.0. The quantitative estimate of drug-likeness (QED) is 0.263. The Morgan fingerprint density at radius 1 is 1.03 bits per heavy atom. The van der Waals surface area contributed by atoms with Gasteiger partial charge >= 0.3 is 12.1 Å². The molecule has 1 unspecified atom stereocenters. The van der Waals surface area contributed by atoms with E-state index in [-0.39, 0.29) is 23.6 Å². The van der Waals surface area contributed by atoms with Gasteiger partial charge in [-0.05, 0) is 59.7 Å². The summed E-state index contributed by atoms with van der Waals surface area (Å²) in [4.78, 5) is 11.0. The van der Waals surface area contributed by atoms with Crippen molar-refractivity contribution in [3.8, 4) is 5.75 Å². The van der Waals surface area contributed by atoms with Gasteiger partial charge in [-0.3, -0.25) is 9.52 Å².